The molecule has 2 aromatic rings. The van der Waals surface area contributed by atoms with Crippen LogP contribution < -0.4 is 15.0 Å². The van der Waals surface area contributed by atoms with E-state index in [2.05, 4.69) is 10.3 Å². The number of aromatic nitrogens is 1. The van der Waals surface area contributed by atoms with Crippen molar-refractivity contribution < 1.29 is 9.53 Å². The topological polar surface area (TPSA) is 54.5 Å². The van der Waals surface area contributed by atoms with E-state index in [1.54, 1.807) is 48.5 Å². The minimum Gasteiger partial charge on any atom is -0.495 e. The Morgan fingerprint density at radius 2 is 2.10 bits per heavy atom. The van der Waals surface area contributed by atoms with E-state index >= 15 is 0 Å². The van der Waals surface area contributed by atoms with E-state index in [9.17, 15) is 4.79 Å². The Bertz CT molecular complexity index is 659. The molecule has 0 spiro atoms. The van der Waals surface area contributed by atoms with Crippen molar-refractivity contribution in [2.45, 2.75) is 0 Å². The van der Waals surface area contributed by atoms with Gasteiger partial charge in [-0.1, -0.05) is 11.6 Å². The number of methoxy groups -OCH3 is 1. The number of benzene rings is 1. The number of rotatable bonds is 4. The lowest BCUT2D eigenvalue weighted by Crippen LogP contribution is -2.19. The van der Waals surface area contributed by atoms with Crippen LogP contribution in [0.1, 0.15) is 10.4 Å². The second-order valence-corrected chi connectivity index (χ2v) is 4.98. The molecule has 1 amide bonds. The molecule has 5 nitrogen and oxygen atoms in total. The maximum Gasteiger partial charge on any atom is 0.259 e. The summed E-state index contributed by atoms with van der Waals surface area (Å²) in [6, 6.07) is 8.53. The molecule has 0 atom stereocenters. The first-order valence-electron chi connectivity index (χ1n) is 6.30. The highest BCUT2D eigenvalue weighted by Crippen LogP contribution is 2.27. The summed E-state index contributed by atoms with van der Waals surface area (Å²) in [5, 5.41) is 3.24. The maximum atomic E-state index is 12.4. The fourth-order valence-electron chi connectivity index (χ4n) is 1.87. The molecule has 0 aliphatic carbocycles. The second-order valence-electron chi connectivity index (χ2n) is 4.57. The summed E-state index contributed by atoms with van der Waals surface area (Å²) in [7, 11) is 5.21. The lowest BCUT2D eigenvalue weighted by molar-refractivity contribution is 0.102. The van der Waals surface area contributed by atoms with Crippen LogP contribution in [0.2, 0.25) is 5.02 Å². The van der Waals surface area contributed by atoms with Gasteiger partial charge in [-0.05, 0) is 30.3 Å². The van der Waals surface area contributed by atoms with Crippen LogP contribution in [0, 0.1) is 0 Å². The molecule has 6 heteroatoms. The number of nitrogens with zero attached hydrogens (tertiary/aromatic N) is 2. The summed E-state index contributed by atoms with van der Waals surface area (Å²) in [6.07, 6.45) is 1.65. The molecule has 0 fully saturated rings. The summed E-state index contributed by atoms with van der Waals surface area (Å²) in [6.45, 7) is 0. The second kappa shape index (κ2) is 6.45. The van der Waals surface area contributed by atoms with E-state index in [-0.39, 0.29) is 5.91 Å². The van der Waals surface area contributed by atoms with E-state index in [1.807, 2.05) is 14.1 Å². The van der Waals surface area contributed by atoms with Crippen LogP contribution in [-0.2, 0) is 0 Å². The summed E-state index contributed by atoms with van der Waals surface area (Å²) in [5.41, 5.74) is 1.09. The number of carbonyl (C=O) groups is 1. The van der Waals surface area contributed by atoms with E-state index in [0.29, 0.717) is 27.8 Å². The van der Waals surface area contributed by atoms with Gasteiger partial charge in [0.2, 0.25) is 0 Å². The van der Waals surface area contributed by atoms with Gasteiger partial charge in [-0.25, -0.2) is 4.98 Å². The van der Waals surface area contributed by atoms with Crippen molar-refractivity contribution in [3.8, 4) is 5.75 Å². The zero-order valence-corrected chi connectivity index (χ0v) is 12.8. The largest absolute Gasteiger partial charge is 0.495 e. The van der Waals surface area contributed by atoms with Gasteiger partial charge in [-0.15, -0.1) is 0 Å². The SMILES string of the molecule is COc1ccc(NC(=O)c2cccnc2N(C)C)cc1Cl. The number of ether oxygens (including phenoxy) is 1. The number of pyridine rings is 1. The molecule has 0 bridgehead atoms. The zero-order chi connectivity index (χ0) is 15.4. The predicted octanol–water partition coefficient (Wildman–Crippen LogP) is 3.06. The summed E-state index contributed by atoms with van der Waals surface area (Å²) in [5.74, 6) is 0.924. The van der Waals surface area contributed by atoms with Crippen LogP contribution in [-0.4, -0.2) is 32.1 Å². The highest BCUT2D eigenvalue weighted by atomic mass is 35.5. The quantitative estimate of drug-likeness (QED) is 0.943. The Kier molecular flexibility index (Phi) is 4.65. The van der Waals surface area contributed by atoms with Crippen LogP contribution in [0.3, 0.4) is 0 Å². The third-order valence-corrected chi connectivity index (χ3v) is 3.16. The number of hydrogen-bond acceptors (Lipinski definition) is 4. The molecule has 2 rings (SSSR count). The Morgan fingerprint density at radius 1 is 1.33 bits per heavy atom. The molecule has 1 N–H and O–H groups in total. The zero-order valence-electron chi connectivity index (χ0n) is 12.1. The molecule has 110 valence electrons. The molecule has 0 aliphatic rings. The predicted molar refractivity (Wildman–Crippen MR) is 84.5 cm³/mol. The van der Waals surface area contributed by atoms with Gasteiger partial charge in [-0.2, -0.15) is 0 Å². The number of halogens is 1. The van der Waals surface area contributed by atoms with Crippen molar-refractivity contribution in [2.24, 2.45) is 0 Å². The standard InChI is InChI=1S/C15H16ClN3O2/c1-19(2)14-11(5-4-8-17-14)15(20)18-10-6-7-13(21-3)12(16)9-10/h4-9H,1-3H3,(H,18,20). The number of amides is 1. The minimum atomic E-state index is -0.243. The molecule has 1 aromatic heterocycles. The third kappa shape index (κ3) is 3.44. The smallest absolute Gasteiger partial charge is 0.259 e. The van der Waals surface area contributed by atoms with Crippen molar-refractivity contribution in [1.82, 2.24) is 4.98 Å². The molecule has 21 heavy (non-hydrogen) atoms. The van der Waals surface area contributed by atoms with E-state index < -0.39 is 0 Å². The van der Waals surface area contributed by atoms with Crippen LogP contribution in [0.4, 0.5) is 11.5 Å². The molecule has 0 saturated heterocycles. The van der Waals surface area contributed by atoms with Gasteiger partial charge in [0.1, 0.15) is 11.6 Å². The van der Waals surface area contributed by atoms with Gasteiger partial charge in [0.05, 0.1) is 17.7 Å². The van der Waals surface area contributed by atoms with Gasteiger partial charge in [0.15, 0.2) is 0 Å². The van der Waals surface area contributed by atoms with E-state index in [0.717, 1.165) is 0 Å². The Hall–Kier alpha value is -2.27. The Labute approximate surface area is 128 Å². The van der Waals surface area contributed by atoms with E-state index in [4.69, 9.17) is 16.3 Å². The molecule has 0 aliphatic heterocycles. The maximum absolute atomic E-state index is 12.4. The fourth-order valence-corrected chi connectivity index (χ4v) is 2.13. The summed E-state index contributed by atoms with van der Waals surface area (Å²) < 4.78 is 5.08. The molecular weight excluding hydrogens is 290 g/mol. The average Bonchev–Trinajstić information content (AvgIpc) is 2.47. The van der Waals surface area contributed by atoms with Crippen LogP contribution in [0.15, 0.2) is 36.5 Å². The Balaban J connectivity index is 2.24. The Morgan fingerprint density at radius 3 is 2.71 bits per heavy atom. The number of hydrogen-bond donors (Lipinski definition) is 1. The fraction of sp³-hybridized carbons (Fsp3) is 0.200. The molecular formula is C15H16ClN3O2. The van der Waals surface area contributed by atoms with Crippen LogP contribution in [0.25, 0.3) is 0 Å². The van der Waals surface area contributed by atoms with Crippen molar-refractivity contribution in [3.05, 3.63) is 47.1 Å². The molecule has 0 saturated carbocycles. The highest BCUT2D eigenvalue weighted by Gasteiger charge is 2.14. The first-order chi connectivity index (χ1) is 10.0. The van der Waals surface area contributed by atoms with Gasteiger partial charge in [0, 0.05) is 26.0 Å². The summed E-state index contributed by atoms with van der Waals surface area (Å²) in [4.78, 5) is 18.3. The third-order valence-electron chi connectivity index (χ3n) is 2.86. The van der Waals surface area contributed by atoms with Gasteiger partial charge in [0.25, 0.3) is 5.91 Å². The highest BCUT2D eigenvalue weighted by molar-refractivity contribution is 6.32. The van der Waals surface area contributed by atoms with Gasteiger partial charge in [-0.3, -0.25) is 4.79 Å². The number of nitrogens with one attached hydrogen (secondary N) is 1. The van der Waals surface area contributed by atoms with Crippen LogP contribution in [0.5, 0.6) is 5.75 Å². The van der Waals surface area contributed by atoms with Crippen molar-refractivity contribution in [1.29, 1.82) is 0 Å². The lowest BCUT2D eigenvalue weighted by atomic mass is 10.2. The first kappa shape index (κ1) is 15.1. The normalized spacial score (nSPS) is 10.1. The number of carbonyl (C=O) groups excluding carboxylic acids is 1. The first-order valence-corrected chi connectivity index (χ1v) is 6.68. The average molecular weight is 306 g/mol. The van der Waals surface area contributed by atoms with Crippen LogP contribution >= 0.6 is 11.6 Å². The van der Waals surface area contributed by atoms with Gasteiger partial charge >= 0.3 is 0 Å². The van der Waals surface area contributed by atoms with Crippen molar-refractivity contribution in [2.75, 3.05) is 31.4 Å². The van der Waals surface area contributed by atoms with Gasteiger partial charge < -0.3 is 15.0 Å². The molecule has 1 aromatic carbocycles. The lowest BCUT2D eigenvalue weighted by Gasteiger charge is -2.15. The number of anilines is 2. The monoisotopic (exact) mass is 305 g/mol. The molecule has 0 radical (unpaired) electrons. The van der Waals surface area contributed by atoms with Crippen molar-refractivity contribution >= 4 is 29.0 Å². The summed E-state index contributed by atoms with van der Waals surface area (Å²) >= 11 is 6.04. The minimum absolute atomic E-state index is 0.243. The van der Waals surface area contributed by atoms with E-state index in [1.165, 1.54) is 0 Å². The molecule has 1 heterocycles. The molecule has 0 unspecified atom stereocenters. The van der Waals surface area contributed by atoms with Crippen molar-refractivity contribution in [3.63, 3.8) is 0 Å².